The van der Waals surface area contributed by atoms with E-state index in [1.165, 1.54) is 25.1 Å². The summed E-state index contributed by atoms with van der Waals surface area (Å²) in [5, 5.41) is 0. The molecule has 1 aliphatic heterocycles. The lowest BCUT2D eigenvalue weighted by Crippen LogP contribution is -2.27. The molecule has 0 radical (unpaired) electrons. The molecule has 1 saturated heterocycles. The molecule has 4 heteroatoms. The van der Waals surface area contributed by atoms with Gasteiger partial charge in [-0.2, -0.15) is 0 Å². The summed E-state index contributed by atoms with van der Waals surface area (Å²) < 4.78 is 6.45. The maximum absolute atomic E-state index is 5.29. The first-order chi connectivity index (χ1) is 9.08. The molecule has 1 fully saturated rings. The molecular formula is C15H23BrN2O. The molecule has 0 bridgehead atoms. The van der Waals surface area contributed by atoms with Crippen LogP contribution in [0, 0.1) is 5.92 Å². The van der Waals surface area contributed by atoms with Crippen LogP contribution >= 0.6 is 15.9 Å². The molecule has 0 N–H and O–H groups in total. The number of nitrogens with zero attached hydrogens (tertiary/aromatic N) is 2. The minimum absolute atomic E-state index is 0.805. The van der Waals surface area contributed by atoms with Crippen molar-refractivity contribution >= 4 is 15.9 Å². The van der Waals surface area contributed by atoms with Gasteiger partial charge in [0, 0.05) is 24.1 Å². The minimum Gasteiger partial charge on any atom is -0.497 e. The number of methoxy groups -OCH3 is 1. The lowest BCUT2D eigenvalue weighted by atomic mass is 10.1. The van der Waals surface area contributed by atoms with Crippen molar-refractivity contribution in [1.29, 1.82) is 0 Å². The lowest BCUT2D eigenvalue weighted by molar-refractivity contribution is 0.266. The highest BCUT2D eigenvalue weighted by atomic mass is 79.9. The van der Waals surface area contributed by atoms with Crippen molar-refractivity contribution in [2.75, 3.05) is 40.8 Å². The molecular weight excluding hydrogens is 304 g/mol. The smallest absolute Gasteiger partial charge is 0.119 e. The summed E-state index contributed by atoms with van der Waals surface area (Å²) in [5.41, 5.74) is 1.29. The van der Waals surface area contributed by atoms with Gasteiger partial charge < -0.3 is 14.5 Å². The van der Waals surface area contributed by atoms with Crippen molar-refractivity contribution in [1.82, 2.24) is 9.80 Å². The van der Waals surface area contributed by atoms with Crippen LogP contribution in [-0.2, 0) is 6.54 Å². The van der Waals surface area contributed by atoms with E-state index in [1.807, 2.05) is 6.07 Å². The monoisotopic (exact) mass is 326 g/mol. The van der Waals surface area contributed by atoms with Gasteiger partial charge in [0.2, 0.25) is 0 Å². The Morgan fingerprint density at radius 3 is 2.89 bits per heavy atom. The first-order valence-electron chi connectivity index (χ1n) is 6.78. The van der Waals surface area contributed by atoms with E-state index in [9.17, 15) is 0 Å². The third kappa shape index (κ3) is 4.20. The van der Waals surface area contributed by atoms with Crippen LogP contribution in [0.4, 0.5) is 0 Å². The number of ether oxygens (including phenoxy) is 1. The number of likely N-dealkylation sites (tertiary alicyclic amines) is 1. The van der Waals surface area contributed by atoms with Crippen LogP contribution < -0.4 is 4.74 Å². The fourth-order valence-corrected chi connectivity index (χ4v) is 3.14. The predicted octanol–water partition coefficient (Wildman–Crippen LogP) is 2.84. The van der Waals surface area contributed by atoms with Crippen molar-refractivity contribution < 1.29 is 4.74 Å². The SMILES string of the molecule is COc1ccc(Br)c(CN(C)CC2CCN(C)C2)c1. The average molecular weight is 327 g/mol. The van der Waals surface area contributed by atoms with E-state index >= 15 is 0 Å². The van der Waals surface area contributed by atoms with Crippen molar-refractivity contribution in [3.05, 3.63) is 28.2 Å². The molecule has 0 spiro atoms. The Hall–Kier alpha value is -0.580. The van der Waals surface area contributed by atoms with Gasteiger partial charge in [0.15, 0.2) is 0 Å². The molecule has 0 aromatic heterocycles. The maximum atomic E-state index is 5.29. The lowest BCUT2D eigenvalue weighted by Gasteiger charge is -2.21. The molecule has 0 amide bonds. The molecule has 0 saturated carbocycles. The Bertz CT molecular complexity index is 425. The second-order valence-corrected chi connectivity index (χ2v) is 6.43. The van der Waals surface area contributed by atoms with E-state index in [-0.39, 0.29) is 0 Å². The highest BCUT2D eigenvalue weighted by Gasteiger charge is 2.20. The Kier molecular flexibility index (Phi) is 5.25. The summed E-state index contributed by atoms with van der Waals surface area (Å²) in [6.45, 7) is 4.58. The zero-order valence-corrected chi connectivity index (χ0v) is 13.6. The first kappa shape index (κ1) is 14.8. The molecule has 1 atom stereocenters. The van der Waals surface area contributed by atoms with Crippen LogP contribution in [0.1, 0.15) is 12.0 Å². The second kappa shape index (κ2) is 6.73. The van der Waals surface area contributed by atoms with E-state index in [0.29, 0.717) is 0 Å². The minimum atomic E-state index is 0.805. The molecule has 1 aromatic carbocycles. The van der Waals surface area contributed by atoms with Gasteiger partial charge in [-0.05, 0) is 56.7 Å². The third-order valence-electron chi connectivity index (χ3n) is 3.75. The van der Waals surface area contributed by atoms with Gasteiger partial charge >= 0.3 is 0 Å². The quantitative estimate of drug-likeness (QED) is 0.827. The first-order valence-corrected chi connectivity index (χ1v) is 7.57. The molecule has 2 rings (SSSR count). The highest BCUT2D eigenvalue weighted by molar-refractivity contribution is 9.10. The Morgan fingerprint density at radius 1 is 1.47 bits per heavy atom. The number of benzene rings is 1. The molecule has 1 aromatic rings. The maximum Gasteiger partial charge on any atom is 0.119 e. The van der Waals surface area contributed by atoms with Gasteiger partial charge in [-0.25, -0.2) is 0 Å². The number of hydrogen-bond acceptors (Lipinski definition) is 3. The van der Waals surface area contributed by atoms with E-state index in [4.69, 9.17) is 4.74 Å². The molecule has 106 valence electrons. The van der Waals surface area contributed by atoms with Gasteiger partial charge in [-0.15, -0.1) is 0 Å². The number of hydrogen-bond donors (Lipinski definition) is 0. The summed E-state index contributed by atoms with van der Waals surface area (Å²) in [6, 6.07) is 6.16. The van der Waals surface area contributed by atoms with Gasteiger partial charge in [0.05, 0.1) is 7.11 Å². The summed E-state index contributed by atoms with van der Waals surface area (Å²) >= 11 is 3.62. The van der Waals surface area contributed by atoms with E-state index < -0.39 is 0 Å². The largest absolute Gasteiger partial charge is 0.497 e. The topological polar surface area (TPSA) is 15.7 Å². The van der Waals surface area contributed by atoms with Crippen LogP contribution in [-0.4, -0.2) is 50.6 Å². The summed E-state index contributed by atoms with van der Waals surface area (Å²) in [5.74, 6) is 1.73. The van der Waals surface area contributed by atoms with Crippen molar-refractivity contribution in [2.45, 2.75) is 13.0 Å². The van der Waals surface area contributed by atoms with Crippen molar-refractivity contribution in [2.24, 2.45) is 5.92 Å². The van der Waals surface area contributed by atoms with Crippen LogP contribution in [0.3, 0.4) is 0 Å². The fourth-order valence-electron chi connectivity index (χ4n) is 2.77. The molecule has 0 aliphatic carbocycles. The Morgan fingerprint density at radius 2 is 2.26 bits per heavy atom. The van der Waals surface area contributed by atoms with Crippen molar-refractivity contribution in [3.63, 3.8) is 0 Å². The second-order valence-electron chi connectivity index (χ2n) is 5.57. The standard InChI is InChI=1S/C15H23BrN2O/c1-17-7-6-12(9-17)10-18(2)11-13-8-14(19-3)4-5-15(13)16/h4-5,8,12H,6-7,9-11H2,1-3H3. The third-order valence-corrected chi connectivity index (χ3v) is 4.53. The van der Waals surface area contributed by atoms with Gasteiger partial charge in [-0.3, -0.25) is 0 Å². The molecule has 1 unspecified atom stereocenters. The zero-order chi connectivity index (χ0) is 13.8. The zero-order valence-electron chi connectivity index (χ0n) is 12.0. The van der Waals surface area contributed by atoms with Crippen LogP contribution in [0.15, 0.2) is 22.7 Å². The van der Waals surface area contributed by atoms with E-state index in [1.54, 1.807) is 7.11 Å². The highest BCUT2D eigenvalue weighted by Crippen LogP contribution is 2.24. The van der Waals surface area contributed by atoms with Gasteiger partial charge in [-0.1, -0.05) is 15.9 Å². The van der Waals surface area contributed by atoms with E-state index in [0.717, 1.165) is 29.2 Å². The average Bonchev–Trinajstić information content (AvgIpc) is 2.77. The van der Waals surface area contributed by atoms with Crippen molar-refractivity contribution in [3.8, 4) is 5.75 Å². The van der Waals surface area contributed by atoms with Gasteiger partial charge in [0.25, 0.3) is 0 Å². The molecule has 1 heterocycles. The molecule has 3 nitrogen and oxygen atoms in total. The van der Waals surface area contributed by atoms with Crippen LogP contribution in [0.2, 0.25) is 0 Å². The predicted molar refractivity (Wildman–Crippen MR) is 82.6 cm³/mol. The molecule has 1 aliphatic rings. The number of halogens is 1. The van der Waals surface area contributed by atoms with E-state index in [2.05, 4.69) is 52.0 Å². The number of rotatable bonds is 5. The Labute approximate surface area is 124 Å². The van der Waals surface area contributed by atoms with Crippen LogP contribution in [0.25, 0.3) is 0 Å². The summed E-state index contributed by atoms with van der Waals surface area (Å²) in [6.07, 6.45) is 1.32. The fraction of sp³-hybridized carbons (Fsp3) is 0.600. The summed E-state index contributed by atoms with van der Waals surface area (Å²) in [7, 11) is 6.12. The molecule has 19 heavy (non-hydrogen) atoms. The van der Waals surface area contributed by atoms with Gasteiger partial charge in [0.1, 0.15) is 5.75 Å². The normalized spacial score (nSPS) is 20.2. The Balaban J connectivity index is 1.92. The van der Waals surface area contributed by atoms with Crippen LogP contribution in [0.5, 0.6) is 5.75 Å². The summed E-state index contributed by atoms with van der Waals surface area (Å²) in [4.78, 5) is 4.82.